The highest BCUT2D eigenvalue weighted by atomic mass is 32.1. The fourth-order valence-electron chi connectivity index (χ4n) is 0.692. The van der Waals surface area contributed by atoms with Crippen LogP contribution in [0.15, 0.2) is 0 Å². The van der Waals surface area contributed by atoms with E-state index in [0.29, 0.717) is 13.2 Å². The van der Waals surface area contributed by atoms with Gasteiger partial charge in [0.05, 0.1) is 0 Å². The summed E-state index contributed by atoms with van der Waals surface area (Å²) in [5, 5.41) is 0. The first-order chi connectivity index (χ1) is 4.85. The summed E-state index contributed by atoms with van der Waals surface area (Å²) in [6, 6.07) is 0. The van der Waals surface area contributed by atoms with Gasteiger partial charge >= 0.3 is 0 Å². The van der Waals surface area contributed by atoms with E-state index in [1.807, 2.05) is 13.8 Å². The van der Waals surface area contributed by atoms with E-state index in [2.05, 4.69) is 12.6 Å². The third-order valence-corrected chi connectivity index (χ3v) is 1.33. The molecule has 0 aromatic carbocycles. The average molecular weight is 164 g/mol. The number of rotatable bonds is 6. The molecule has 0 amide bonds. The maximum absolute atomic E-state index is 5.25. The van der Waals surface area contributed by atoms with Gasteiger partial charge in [0.25, 0.3) is 0 Å². The summed E-state index contributed by atoms with van der Waals surface area (Å²) in [7, 11) is 0. The van der Waals surface area contributed by atoms with Crippen LogP contribution in [-0.4, -0.2) is 25.3 Å². The Morgan fingerprint density at radius 2 is 1.70 bits per heavy atom. The van der Waals surface area contributed by atoms with Crippen LogP contribution in [0.25, 0.3) is 0 Å². The fourth-order valence-corrected chi connectivity index (χ4v) is 0.903. The van der Waals surface area contributed by atoms with Crippen molar-refractivity contribution in [3.05, 3.63) is 0 Å². The van der Waals surface area contributed by atoms with Crippen molar-refractivity contribution in [1.29, 1.82) is 0 Å². The van der Waals surface area contributed by atoms with Crippen LogP contribution in [0.1, 0.15) is 20.3 Å². The molecule has 0 bridgehead atoms. The van der Waals surface area contributed by atoms with E-state index in [9.17, 15) is 0 Å². The van der Waals surface area contributed by atoms with E-state index < -0.39 is 0 Å². The third-order valence-electron chi connectivity index (χ3n) is 1.07. The second-order valence-corrected chi connectivity index (χ2v) is 2.30. The summed E-state index contributed by atoms with van der Waals surface area (Å²) in [6.07, 6.45) is 0.817. The smallest absolute Gasteiger partial charge is 0.158 e. The molecule has 0 N–H and O–H groups in total. The Hall–Kier alpha value is 0.270. The first-order valence-electron chi connectivity index (χ1n) is 3.69. The molecule has 3 heteroatoms. The molecule has 0 radical (unpaired) electrons. The molecule has 0 unspecified atom stereocenters. The van der Waals surface area contributed by atoms with Crippen LogP contribution >= 0.6 is 12.6 Å². The molecule has 0 aromatic rings. The van der Waals surface area contributed by atoms with Crippen molar-refractivity contribution in [1.82, 2.24) is 0 Å². The lowest BCUT2D eigenvalue weighted by molar-refractivity contribution is -0.136. The summed E-state index contributed by atoms with van der Waals surface area (Å²) >= 11 is 4.09. The monoisotopic (exact) mass is 164 g/mol. The van der Waals surface area contributed by atoms with Gasteiger partial charge in [-0.15, -0.1) is 0 Å². The molecule has 0 aliphatic heterocycles. The maximum Gasteiger partial charge on any atom is 0.158 e. The molecule has 0 aliphatic rings. The van der Waals surface area contributed by atoms with E-state index in [0.717, 1.165) is 12.2 Å². The predicted molar refractivity (Wildman–Crippen MR) is 45.5 cm³/mol. The Morgan fingerprint density at radius 3 is 2.00 bits per heavy atom. The molecule has 10 heavy (non-hydrogen) atoms. The maximum atomic E-state index is 5.25. The normalized spacial score (nSPS) is 10.8. The topological polar surface area (TPSA) is 18.5 Å². The van der Waals surface area contributed by atoms with E-state index >= 15 is 0 Å². The van der Waals surface area contributed by atoms with Crippen LogP contribution in [-0.2, 0) is 9.47 Å². The van der Waals surface area contributed by atoms with Gasteiger partial charge in [0.15, 0.2) is 6.29 Å². The molecule has 0 aromatic heterocycles. The molecule has 0 spiro atoms. The van der Waals surface area contributed by atoms with Gasteiger partial charge in [-0.25, -0.2) is 0 Å². The van der Waals surface area contributed by atoms with Crippen LogP contribution in [0.5, 0.6) is 0 Å². The Labute approximate surface area is 68.3 Å². The molecular weight excluding hydrogens is 148 g/mol. The SMILES string of the molecule is CCOC(CCS)OCC. The van der Waals surface area contributed by atoms with Gasteiger partial charge in [0, 0.05) is 19.6 Å². The Morgan fingerprint density at radius 1 is 1.20 bits per heavy atom. The summed E-state index contributed by atoms with van der Waals surface area (Å²) in [6.45, 7) is 5.34. The zero-order valence-corrected chi connectivity index (χ0v) is 7.56. The van der Waals surface area contributed by atoms with Crippen LogP contribution < -0.4 is 0 Å². The van der Waals surface area contributed by atoms with Crippen molar-refractivity contribution in [2.45, 2.75) is 26.6 Å². The molecule has 0 saturated heterocycles. The number of ether oxygens (including phenoxy) is 2. The molecule has 0 aliphatic carbocycles. The molecular formula is C7H16O2S. The van der Waals surface area contributed by atoms with Gasteiger partial charge in [-0.1, -0.05) is 0 Å². The minimum absolute atomic E-state index is 0.0486. The van der Waals surface area contributed by atoms with Crippen LogP contribution in [0.4, 0.5) is 0 Å². The largest absolute Gasteiger partial charge is 0.353 e. The number of hydrogen-bond acceptors (Lipinski definition) is 3. The van der Waals surface area contributed by atoms with Gasteiger partial charge < -0.3 is 9.47 Å². The third kappa shape index (κ3) is 5.09. The second kappa shape index (κ2) is 7.38. The van der Waals surface area contributed by atoms with Crippen LogP contribution in [0.3, 0.4) is 0 Å². The highest BCUT2D eigenvalue weighted by Gasteiger charge is 2.04. The summed E-state index contributed by atoms with van der Waals surface area (Å²) < 4.78 is 10.5. The van der Waals surface area contributed by atoms with Crippen LogP contribution in [0, 0.1) is 0 Å². The van der Waals surface area contributed by atoms with Gasteiger partial charge in [0.1, 0.15) is 0 Å². The molecule has 0 rings (SSSR count). The minimum Gasteiger partial charge on any atom is -0.353 e. The van der Waals surface area contributed by atoms with Crippen molar-refractivity contribution in [2.75, 3.05) is 19.0 Å². The quantitative estimate of drug-likeness (QED) is 0.476. The highest BCUT2D eigenvalue weighted by molar-refractivity contribution is 7.80. The Kier molecular flexibility index (Phi) is 7.58. The summed E-state index contributed by atoms with van der Waals surface area (Å²) in [4.78, 5) is 0. The van der Waals surface area contributed by atoms with E-state index in [4.69, 9.17) is 9.47 Å². The van der Waals surface area contributed by atoms with Crippen molar-refractivity contribution < 1.29 is 9.47 Å². The number of hydrogen-bond donors (Lipinski definition) is 1. The van der Waals surface area contributed by atoms with E-state index in [1.165, 1.54) is 0 Å². The summed E-state index contributed by atoms with van der Waals surface area (Å²) in [5.74, 6) is 0.810. The average Bonchev–Trinajstić information content (AvgIpc) is 1.90. The lowest BCUT2D eigenvalue weighted by Gasteiger charge is -2.14. The molecule has 0 saturated carbocycles. The standard InChI is InChI=1S/C7H16O2S/c1-3-8-7(5-6-10)9-4-2/h7,10H,3-6H2,1-2H3. The lowest BCUT2D eigenvalue weighted by Crippen LogP contribution is -2.17. The molecule has 0 fully saturated rings. The highest BCUT2D eigenvalue weighted by Crippen LogP contribution is 2.01. The van der Waals surface area contributed by atoms with Crippen molar-refractivity contribution >= 4 is 12.6 Å². The molecule has 0 atom stereocenters. The molecule has 2 nitrogen and oxygen atoms in total. The van der Waals surface area contributed by atoms with Crippen molar-refractivity contribution in [2.24, 2.45) is 0 Å². The zero-order chi connectivity index (χ0) is 7.82. The second-order valence-electron chi connectivity index (χ2n) is 1.85. The predicted octanol–water partition coefficient (Wildman–Crippen LogP) is 1.71. The minimum atomic E-state index is -0.0486. The fraction of sp³-hybridized carbons (Fsp3) is 1.00. The van der Waals surface area contributed by atoms with Gasteiger partial charge in [-0.3, -0.25) is 0 Å². The molecule has 62 valence electrons. The van der Waals surface area contributed by atoms with Crippen molar-refractivity contribution in [3.63, 3.8) is 0 Å². The summed E-state index contributed by atoms with van der Waals surface area (Å²) in [5.41, 5.74) is 0. The Balaban J connectivity index is 3.30. The lowest BCUT2D eigenvalue weighted by atomic mass is 10.5. The first-order valence-corrected chi connectivity index (χ1v) is 4.32. The zero-order valence-electron chi connectivity index (χ0n) is 6.67. The van der Waals surface area contributed by atoms with Crippen molar-refractivity contribution in [3.8, 4) is 0 Å². The van der Waals surface area contributed by atoms with E-state index in [-0.39, 0.29) is 6.29 Å². The first kappa shape index (κ1) is 10.3. The van der Waals surface area contributed by atoms with E-state index in [1.54, 1.807) is 0 Å². The molecule has 0 heterocycles. The van der Waals surface area contributed by atoms with Gasteiger partial charge in [-0.05, 0) is 19.6 Å². The van der Waals surface area contributed by atoms with Gasteiger partial charge in [0.2, 0.25) is 0 Å². The van der Waals surface area contributed by atoms with Gasteiger partial charge in [-0.2, -0.15) is 12.6 Å². The number of thiol groups is 1. The van der Waals surface area contributed by atoms with Crippen LogP contribution in [0.2, 0.25) is 0 Å². The Bertz CT molecular complexity index is 54.4.